The van der Waals surface area contributed by atoms with Crippen LogP contribution in [0.25, 0.3) is 0 Å². The Kier molecular flexibility index (Phi) is 5.28. The van der Waals surface area contributed by atoms with Crippen molar-refractivity contribution in [3.05, 3.63) is 29.3 Å². The predicted molar refractivity (Wildman–Crippen MR) is 60.7 cm³/mol. The van der Waals surface area contributed by atoms with E-state index < -0.39 is 0 Å². The van der Waals surface area contributed by atoms with Gasteiger partial charge in [0.15, 0.2) is 0 Å². The van der Waals surface area contributed by atoms with E-state index >= 15 is 0 Å². The summed E-state index contributed by atoms with van der Waals surface area (Å²) in [5.41, 5.74) is 0. The first kappa shape index (κ1) is 10.9. The van der Waals surface area contributed by atoms with E-state index in [-0.39, 0.29) is 0 Å². The molecule has 1 aromatic rings. The van der Waals surface area contributed by atoms with E-state index in [0.717, 1.165) is 23.9 Å². The zero-order chi connectivity index (χ0) is 9.52. The molecule has 0 amide bonds. The summed E-state index contributed by atoms with van der Waals surface area (Å²) in [4.78, 5) is 1.28. The molecule has 1 N–H and O–H groups in total. The minimum Gasteiger partial charge on any atom is -0.316 e. The van der Waals surface area contributed by atoms with Gasteiger partial charge in [-0.2, -0.15) is 0 Å². The average Bonchev–Trinajstić information content (AvgIpc) is 2.15. The Hall–Kier alpha value is -0.180. The number of hydrogen-bond donors (Lipinski definition) is 1. The molecular weight excluding hydrogens is 202 g/mol. The Labute approximate surface area is 88.9 Å². The van der Waals surface area contributed by atoms with E-state index in [1.165, 1.54) is 4.90 Å². The van der Waals surface area contributed by atoms with Gasteiger partial charge in [0.1, 0.15) is 0 Å². The Morgan fingerprint density at radius 3 is 2.62 bits per heavy atom. The zero-order valence-corrected chi connectivity index (χ0v) is 9.29. The molecule has 1 rings (SSSR count). The topological polar surface area (TPSA) is 12.0 Å². The van der Waals surface area contributed by atoms with Gasteiger partial charge in [0.05, 0.1) is 0 Å². The van der Waals surface area contributed by atoms with E-state index in [4.69, 9.17) is 11.6 Å². The van der Waals surface area contributed by atoms with Gasteiger partial charge < -0.3 is 5.32 Å². The highest BCUT2D eigenvalue weighted by atomic mass is 35.5. The summed E-state index contributed by atoms with van der Waals surface area (Å²) in [5.74, 6) is 1.11. The zero-order valence-electron chi connectivity index (χ0n) is 7.72. The predicted octanol–water partition coefficient (Wildman–Crippen LogP) is 3.04. The minimum atomic E-state index is 0.802. The van der Waals surface area contributed by atoms with Crippen molar-refractivity contribution < 1.29 is 0 Å². The van der Waals surface area contributed by atoms with Crippen LogP contribution in [0.4, 0.5) is 0 Å². The maximum atomic E-state index is 5.77. The van der Waals surface area contributed by atoms with Crippen molar-refractivity contribution >= 4 is 23.4 Å². The second-order valence-electron chi connectivity index (χ2n) is 2.66. The molecule has 1 aromatic carbocycles. The SMILES string of the molecule is CCNCCSc1ccc(Cl)cc1. The van der Waals surface area contributed by atoms with Gasteiger partial charge >= 0.3 is 0 Å². The molecule has 0 saturated heterocycles. The maximum Gasteiger partial charge on any atom is 0.0406 e. The number of nitrogens with one attached hydrogen (secondary N) is 1. The van der Waals surface area contributed by atoms with Crippen molar-refractivity contribution in [3.8, 4) is 0 Å². The van der Waals surface area contributed by atoms with Crippen LogP contribution >= 0.6 is 23.4 Å². The fourth-order valence-corrected chi connectivity index (χ4v) is 1.89. The molecule has 0 atom stereocenters. The average molecular weight is 216 g/mol. The number of benzene rings is 1. The highest BCUT2D eigenvalue weighted by Crippen LogP contribution is 2.19. The summed E-state index contributed by atoms with van der Waals surface area (Å²) in [6.45, 7) is 4.22. The molecular formula is C10H14ClNS. The van der Waals surface area contributed by atoms with Gasteiger partial charge in [-0.05, 0) is 30.8 Å². The quantitative estimate of drug-likeness (QED) is 0.599. The van der Waals surface area contributed by atoms with Gasteiger partial charge in [0.25, 0.3) is 0 Å². The third-order valence-electron chi connectivity index (χ3n) is 1.61. The summed E-state index contributed by atoms with van der Waals surface area (Å²) in [5, 5.41) is 4.08. The summed E-state index contributed by atoms with van der Waals surface area (Å²) in [7, 11) is 0. The van der Waals surface area contributed by atoms with E-state index in [1.807, 2.05) is 23.9 Å². The van der Waals surface area contributed by atoms with Crippen LogP contribution < -0.4 is 5.32 Å². The van der Waals surface area contributed by atoms with Crippen LogP contribution in [-0.2, 0) is 0 Å². The van der Waals surface area contributed by atoms with Crippen molar-refractivity contribution in [2.75, 3.05) is 18.8 Å². The molecule has 0 fully saturated rings. The van der Waals surface area contributed by atoms with E-state index in [2.05, 4.69) is 24.4 Å². The fraction of sp³-hybridized carbons (Fsp3) is 0.400. The summed E-state index contributed by atoms with van der Waals surface area (Å²) < 4.78 is 0. The second kappa shape index (κ2) is 6.30. The molecule has 13 heavy (non-hydrogen) atoms. The number of thioether (sulfide) groups is 1. The van der Waals surface area contributed by atoms with E-state index in [1.54, 1.807) is 0 Å². The lowest BCUT2D eigenvalue weighted by Gasteiger charge is -2.01. The number of hydrogen-bond acceptors (Lipinski definition) is 2. The van der Waals surface area contributed by atoms with Crippen LogP contribution in [0.2, 0.25) is 5.02 Å². The molecule has 72 valence electrons. The first-order chi connectivity index (χ1) is 6.33. The molecule has 0 aliphatic rings. The van der Waals surface area contributed by atoms with Crippen molar-refractivity contribution in [2.45, 2.75) is 11.8 Å². The first-order valence-electron chi connectivity index (χ1n) is 4.42. The molecule has 0 unspecified atom stereocenters. The van der Waals surface area contributed by atoms with E-state index in [0.29, 0.717) is 0 Å². The molecule has 0 aromatic heterocycles. The van der Waals surface area contributed by atoms with Crippen molar-refractivity contribution in [3.63, 3.8) is 0 Å². The molecule has 0 bridgehead atoms. The molecule has 3 heteroatoms. The van der Waals surface area contributed by atoms with Gasteiger partial charge in [-0.25, -0.2) is 0 Å². The summed E-state index contributed by atoms with van der Waals surface area (Å²) in [6, 6.07) is 7.96. The van der Waals surface area contributed by atoms with Gasteiger partial charge in [-0.1, -0.05) is 18.5 Å². The number of rotatable bonds is 5. The molecule has 0 spiro atoms. The van der Waals surface area contributed by atoms with Crippen LogP contribution in [0.1, 0.15) is 6.92 Å². The van der Waals surface area contributed by atoms with Crippen LogP contribution in [-0.4, -0.2) is 18.8 Å². The van der Waals surface area contributed by atoms with Gasteiger partial charge in [-0.15, -0.1) is 11.8 Å². The van der Waals surface area contributed by atoms with E-state index in [9.17, 15) is 0 Å². The third-order valence-corrected chi connectivity index (χ3v) is 2.88. The molecule has 0 radical (unpaired) electrons. The molecule has 0 heterocycles. The van der Waals surface area contributed by atoms with Crippen molar-refractivity contribution in [1.82, 2.24) is 5.32 Å². The Bertz CT molecular complexity index is 235. The van der Waals surface area contributed by atoms with Gasteiger partial charge in [-0.3, -0.25) is 0 Å². The fourth-order valence-electron chi connectivity index (χ4n) is 0.949. The lowest BCUT2D eigenvalue weighted by Crippen LogP contribution is -2.15. The molecule has 1 nitrogen and oxygen atoms in total. The third kappa shape index (κ3) is 4.55. The van der Waals surface area contributed by atoms with Crippen molar-refractivity contribution in [1.29, 1.82) is 0 Å². The Morgan fingerprint density at radius 2 is 2.00 bits per heavy atom. The van der Waals surface area contributed by atoms with Crippen molar-refractivity contribution in [2.24, 2.45) is 0 Å². The normalized spacial score (nSPS) is 10.3. The Morgan fingerprint density at radius 1 is 1.31 bits per heavy atom. The largest absolute Gasteiger partial charge is 0.316 e. The monoisotopic (exact) mass is 215 g/mol. The standard InChI is InChI=1S/C10H14ClNS/c1-2-12-7-8-13-10-5-3-9(11)4-6-10/h3-6,12H,2,7-8H2,1H3. The summed E-state index contributed by atoms with van der Waals surface area (Å²) in [6.07, 6.45) is 0. The Balaban J connectivity index is 2.25. The minimum absolute atomic E-state index is 0.802. The maximum absolute atomic E-state index is 5.77. The summed E-state index contributed by atoms with van der Waals surface area (Å²) >= 11 is 7.62. The van der Waals surface area contributed by atoms with Crippen LogP contribution in [0, 0.1) is 0 Å². The van der Waals surface area contributed by atoms with Crippen LogP contribution in [0.3, 0.4) is 0 Å². The van der Waals surface area contributed by atoms with Crippen LogP contribution in [0.15, 0.2) is 29.2 Å². The smallest absolute Gasteiger partial charge is 0.0406 e. The lowest BCUT2D eigenvalue weighted by atomic mass is 10.4. The van der Waals surface area contributed by atoms with Crippen LogP contribution in [0.5, 0.6) is 0 Å². The first-order valence-corrected chi connectivity index (χ1v) is 5.78. The molecule has 0 saturated carbocycles. The second-order valence-corrected chi connectivity index (χ2v) is 4.26. The number of halogens is 1. The highest BCUT2D eigenvalue weighted by Gasteiger charge is 1.92. The lowest BCUT2D eigenvalue weighted by molar-refractivity contribution is 0.768. The van der Waals surface area contributed by atoms with Gasteiger partial charge in [0.2, 0.25) is 0 Å². The van der Waals surface area contributed by atoms with Gasteiger partial charge in [0, 0.05) is 22.2 Å². The highest BCUT2D eigenvalue weighted by molar-refractivity contribution is 7.99. The molecule has 0 aliphatic carbocycles. The molecule has 0 aliphatic heterocycles.